The summed E-state index contributed by atoms with van der Waals surface area (Å²) in [5.74, 6) is 1.44. The van der Waals surface area contributed by atoms with E-state index >= 15 is 0 Å². The van der Waals surface area contributed by atoms with E-state index in [4.69, 9.17) is 9.97 Å². The molecule has 0 saturated heterocycles. The summed E-state index contributed by atoms with van der Waals surface area (Å²) >= 11 is 2.63. The molecule has 10 bridgehead atoms. The molecule has 9 rings (SSSR count). The molecule has 3 nitrogen and oxygen atoms in total. The maximum atomic E-state index is 5.35. The smallest absolute Gasteiger partial charge is 0.160 e. The van der Waals surface area contributed by atoms with Crippen LogP contribution >= 0.6 is 22.6 Å². The van der Waals surface area contributed by atoms with Crippen LogP contribution in [0.5, 0.6) is 0 Å². The number of anilines is 3. The summed E-state index contributed by atoms with van der Waals surface area (Å²) in [4.78, 5) is 13.0. The molecular formula is C47H36IN3. The van der Waals surface area contributed by atoms with E-state index in [9.17, 15) is 0 Å². The number of hydrogen-bond donors (Lipinski definition) is 0. The average Bonchev–Trinajstić information content (AvgIpc) is 3.18. The summed E-state index contributed by atoms with van der Waals surface area (Å²) in [6.07, 6.45) is 5.72. The molecule has 0 N–H and O–H groups in total. The van der Waals surface area contributed by atoms with E-state index < -0.39 is 0 Å². The minimum atomic E-state index is 0.297. The minimum Gasteiger partial charge on any atom is -0.310 e. The number of halogens is 1. The predicted octanol–water partition coefficient (Wildman–Crippen LogP) is 13.1. The van der Waals surface area contributed by atoms with Crippen LogP contribution < -0.4 is 4.90 Å². The van der Waals surface area contributed by atoms with Gasteiger partial charge in [0.05, 0.1) is 5.69 Å². The van der Waals surface area contributed by atoms with Crippen molar-refractivity contribution in [1.82, 2.24) is 9.97 Å². The van der Waals surface area contributed by atoms with Gasteiger partial charge < -0.3 is 4.90 Å². The van der Waals surface area contributed by atoms with E-state index in [0.29, 0.717) is 15.8 Å². The molecule has 1 aliphatic carbocycles. The molecule has 7 aromatic rings. The number of aromatic nitrogens is 2. The molecule has 1 aliphatic heterocycles. The Bertz CT molecular complexity index is 2400. The lowest BCUT2D eigenvalue weighted by Crippen LogP contribution is -2.23. The van der Waals surface area contributed by atoms with Gasteiger partial charge in [-0.1, -0.05) is 145 Å². The van der Waals surface area contributed by atoms with Crippen LogP contribution in [0.4, 0.5) is 17.1 Å². The highest BCUT2D eigenvalue weighted by Crippen LogP contribution is 2.43. The number of para-hydroxylation sites is 1. The van der Waals surface area contributed by atoms with Crippen molar-refractivity contribution >= 4 is 39.7 Å². The third-order valence-corrected chi connectivity index (χ3v) is 11.5. The van der Waals surface area contributed by atoms with Crippen molar-refractivity contribution in [2.24, 2.45) is 5.92 Å². The molecule has 0 spiro atoms. The van der Waals surface area contributed by atoms with Gasteiger partial charge in [-0.05, 0) is 100 Å². The van der Waals surface area contributed by atoms with Crippen LogP contribution in [0.25, 0.3) is 56.0 Å². The summed E-state index contributed by atoms with van der Waals surface area (Å²) in [6.45, 7) is 2.32. The third kappa shape index (κ3) is 6.08. The first-order valence-electron chi connectivity index (χ1n) is 17.7. The Morgan fingerprint density at radius 3 is 1.92 bits per heavy atom. The predicted molar refractivity (Wildman–Crippen MR) is 221 cm³/mol. The summed E-state index contributed by atoms with van der Waals surface area (Å²) in [5, 5.41) is 0. The molecule has 1 aromatic heterocycles. The van der Waals surface area contributed by atoms with Crippen molar-refractivity contribution in [2.75, 3.05) is 4.90 Å². The number of hydrogen-bond acceptors (Lipinski definition) is 3. The van der Waals surface area contributed by atoms with Crippen molar-refractivity contribution in [1.29, 1.82) is 0 Å². The van der Waals surface area contributed by atoms with Crippen LogP contribution in [0.1, 0.15) is 25.0 Å². The monoisotopic (exact) mass is 769 g/mol. The van der Waals surface area contributed by atoms with E-state index in [1.165, 1.54) is 16.7 Å². The Morgan fingerprint density at radius 1 is 0.529 bits per heavy atom. The lowest BCUT2D eigenvalue weighted by atomic mass is 9.82. The maximum absolute atomic E-state index is 5.35. The second-order valence-corrected chi connectivity index (χ2v) is 15.1. The first-order valence-corrected chi connectivity index (χ1v) is 18.9. The fourth-order valence-corrected chi connectivity index (χ4v) is 9.02. The van der Waals surface area contributed by atoms with E-state index in [2.05, 4.69) is 204 Å². The van der Waals surface area contributed by atoms with Crippen molar-refractivity contribution < 1.29 is 0 Å². The lowest BCUT2D eigenvalue weighted by molar-refractivity contribution is 0.504. The third-order valence-electron chi connectivity index (χ3n) is 10.2. The van der Waals surface area contributed by atoms with Crippen LogP contribution in [-0.4, -0.2) is 13.9 Å². The second kappa shape index (κ2) is 13.4. The lowest BCUT2D eigenvalue weighted by Gasteiger charge is -2.29. The number of allylic oxidation sites excluding steroid dienone is 2. The molecule has 2 aliphatic rings. The molecular weight excluding hydrogens is 733 g/mol. The van der Waals surface area contributed by atoms with Crippen LogP contribution in [0.3, 0.4) is 0 Å². The Morgan fingerprint density at radius 2 is 1.16 bits per heavy atom. The summed E-state index contributed by atoms with van der Waals surface area (Å²) in [6, 6.07) is 56.9. The molecule has 2 unspecified atom stereocenters. The summed E-state index contributed by atoms with van der Waals surface area (Å²) in [5.41, 5.74) is 14.4. The van der Waals surface area contributed by atoms with E-state index in [1.54, 1.807) is 0 Å². The normalized spacial score (nSPS) is 17.6. The van der Waals surface area contributed by atoms with Crippen molar-refractivity contribution in [3.63, 3.8) is 0 Å². The zero-order valence-electron chi connectivity index (χ0n) is 28.3. The zero-order chi connectivity index (χ0) is 34.3. The van der Waals surface area contributed by atoms with Crippen LogP contribution in [0.15, 0.2) is 170 Å². The molecule has 2 heterocycles. The van der Waals surface area contributed by atoms with Gasteiger partial charge in [0, 0.05) is 43.7 Å². The van der Waals surface area contributed by atoms with Crippen molar-refractivity contribution in [2.45, 2.75) is 23.2 Å². The van der Waals surface area contributed by atoms with Gasteiger partial charge in [-0.3, -0.25) is 0 Å². The molecule has 3 atom stereocenters. The van der Waals surface area contributed by atoms with E-state index in [0.717, 1.165) is 68.5 Å². The molecule has 0 saturated carbocycles. The second-order valence-electron chi connectivity index (χ2n) is 13.5. The molecule has 0 amide bonds. The van der Waals surface area contributed by atoms with Crippen LogP contribution in [-0.2, 0) is 0 Å². The average molecular weight is 770 g/mol. The van der Waals surface area contributed by atoms with Crippen LogP contribution in [0, 0.1) is 5.92 Å². The number of benzene rings is 6. The van der Waals surface area contributed by atoms with Gasteiger partial charge in [0.1, 0.15) is 0 Å². The van der Waals surface area contributed by atoms with Gasteiger partial charge in [0.15, 0.2) is 5.82 Å². The number of alkyl halides is 1. The molecule has 0 radical (unpaired) electrons. The topological polar surface area (TPSA) is 29.0 Å². The molecule has 246 valence electrons. The van der Waals surface area contributed by atoms with E-state index in [1.807, 2.05) is 0 Å². The minimum absolute atomic E-state index is 0.297. The fraction of sp³-hybridized carbons (Fsp3) is 0.106. The first kappa shape index (κ1) is 31.6. The summed E-state index contributed by atoms with van der Waals surface area (Å²) in [7, 11) is 0. The van der Waals surface area contributed by atoms with Gasteiger partial charge in [-0.25, -0.2) is 9.97 Å². The SMILES string of the molecule is CC1C=CC[C@H](I)C1c1cc2nc(n1)-c1cccc(c1)-c1cccc(c1)N(c1ccccc1)c1cccc(c1)-c1cc-2ccc1-c1ccccc1. The first-order chi connectivity index (χ1) is 25.1. The van der Waals surface area contributed by atoms with Crippen molar-refractivity contribution in [3.8, 4) is 56.0 Å². The molecule has 6 aromatic carbocycles. The Labute approximate surface area is 313 Å². The number of fused-ring (bicyclic) bond motifs is 14. The fourth-order valence-electron chi connectivity index (χ4n) is 7.70. The van der Waals surface area contributed by atoms with Gasteiger partial charge in [0.2, 0.25) is 0 Å². The number of rotatable bonds is 3. The Balaban J connectivity index is 1.35. The zero-order valence-corrected chi connectivity index (χ0v) is 30.5. The summed E-state index contributed by atoms with van der Waals surface area (Å²) < 4.78 is 0.455. The number of nitrogens with zero attached hydrogens (tertiary/aromatic N) is 3. The van der Waals surface area contributed by atoms with Crippen molar-refractivity contribution in [3.05, 3.63) is 176 Å². The molecule has 0 fully saturated rings. The van der Waals surface area contributed by atoms with Gasteiger partial charge >= 0.3 is 0 Å². The Hall–Kier alpha value is -5.33. The van der Waals surface area contributed by atoms with Gasteiger partial charge in [-0.15, -0.1) is 0 Å². The maximum Gasteiger partial charge on any atom is 0.160 e. The van der Waals surface area contributed by atoms with Gasteiger partial charge in [0.25, 0.3) is 0 Å². The van der Waals surface area contributed by atoms with E-state index in [-0.39, 0.29) is 0 Å². The highest BCUT2D eigenvalue weighted by Gasteiger charge is 2.30. The quantitative estimate of drug-likeness (QED) is 0.102. The standard InChI is InChI=1S/C47H36IN3/c1-31-12-8-23-43(48)46(31)45-30-44-36-24-25-41(32-13-4-2-5-14-32)42(29-36)35-17-11-22-40(28-35)51(38-19-6-3-7-20-38)39-21-10-16-34(27-39)33-15-9-18-37(26-33)47(49-44)50-45/h2-22,24-31,43,46H,23H2,1H3/t31?,43-,46?/m0/s1. The Kier molecular flexibility index (Phi) is 8.33. The van der Waals surface area contributed by atoms with Crippen LogP contribution in [0.2, 0.25) is 0 Å². The largest absolute Gasteiger partial charge is 0.310 e. The molecule has 4 heteroatoms. The molecule has 51 heavy (non-hydrogen) atoms. The highest BCUT2D eigenvalue weighted by atomic mass is 127. The highest BCUT2D eigenvalue weighted by molar-refractivity contribution is 14.1. The van der Waals surface area contributed by atoms with Gasteiger partial charge in [-0.2, -0.15) is 0 Å².